The van der Waals surface area contributed by atoms with E-state index in [0.717, 1.165) is 0 Å². The first-order valence-corrected chi connectivity index (χ1v) is 6.69. The number of phenolic OH excluding ortho intramolecular Hbond substituents is 1. The number of carbonyl (C=O) groups excluding carboxylic acids is 2. The van der Waals surface area contributed by atoms with Gasteiger partial charge in [0, 0.05) is 18.5 Å². The Morgan fingerprint density at radius 2 is 1.95 bits per heavy atom. The largest absolute Gasteiger partial charge is 0.507 e. The normalized spacial score (nSPS) is 10.9. The number of hydrogen-bond acceptors (Lipinski definition) is 4. The Bertz CT molecular complexity index is 521. The zero-order valence-electron chi connectivity index (χ0n) is 12.8. The standard InChI is InChI=1S/C15H22N2O4/c1-15(2,3)17-13(19)7-8-16-14(20)11-9-10(21-4)5-6-12(11)18/h5-6,9,18H,7-8H2,1-4H3,(H,16,20)(H,17,19). The molecule has 0 heterocycles. The van der Waals surface area contributed by atoms with Crippen LogP contribution in [0.15, 0.2) is 18.2 Å². The van der Waals surface area contributed by atoms with Crippen LogP contribution in [-0.2, 0) is 4.79 Å². The summed E-state index contributed by atoms with van der Waals surface area (Å²) in [5.74, 6) is -0.247. The molecule has 0 aliphatic carbocycles. The van der Waals surface area contributed by atoms with Crippen molar-refractivity contribution in [1.82, 2.24) is 10.6 Å². The van der Waals surface area contributed by atoms with Crippen molar-refractivity contribution in [2.45, 2.75) is 32.7 Å². The Morgan fingerprint density at radius 1 is 1.29 bits per heavy atom. The maximum atomic E-state index is 11.9. The lowest BCUT2D eigenvalue weighted by atomic mass is 10.1. The second-order valence-electron chi connectivity index (χ2n) is 5.69. The number of methoxy groups -OCH3 is 1. The zero-order valence-corrected chi connectivity index (χ0v) is 12.8. The molecule has 2 amide bonds. The fourth-order valence-electron chi connectivity index (χ4n) is 1.69. The van der Waals surface area contributed by atoms with Crippen LogP contribution in [0, 0.1) is 0 Å². The fraction of sp³-hybridized carbons (Fsp3) is 0.467. The molecule has 0 aliphatic rings. The van der Waals surface area contributed by atoms with Crippen LogP contribution >= 0.6 is 0 Å². The molecule has 0 atom stereocenters. The van der Waals surface area contributed by atoms with Crippen molar-refractivity contribution in [1.29, 1.82) is 0 Å². The molecule has 6 nitrogen and oxygen atoms in total. The molecule has 1 rings (SSSR count). The maximum Gasteiger partial charge on any atom is 0.255 e. The molecule has 0 fully saturated rings. The number of amides is 2. The molecule has 1 aromatic carbocycles. The van der Waals surface area contributed by atoms with Gasteiger partial charge in [-0.3, -0.25) is 9.59 Å². The van der Waals surface area contributed by atoms with Crippen molar-refractivity contribution < 1.29 is 19.4 Å². The van der Waals surface area contributed by atoms with Gasteiger partial charge in [0.25, 0.3) is 5.91 Å². The van der Waals surface area contributed by atoms with Crippen LogP contribution in [0.2, 0.25) is 0 Å². The molecule has 21 heavy (non-hydrogen) atoms. The third-order valence-electron chi connectivity index (χ3n) is 2.60. The Labute approximate surface area is 124 Å². The van der Waals surface area contributed by atoms with Crippen LogP contribution in [0.1, 0.15) is 37.6 Å². The van der Waals surface area contributed by atoms with E-state index in [-0.39, 0.29) is 35.7 Å². The molecular weight excluding hydrogens is 272 g/mol. The highest BCUT2D eigenvalue weighted by Crippen LogP contribution is 2.22. The van der Waals surface area contributed by atoms with Crippen LogP contribution in [-0.4, -0.2) is 36.1 Å². The molecule has 1 aromatic rings. The molecule has 3 N–H and O–H groups in total. The molecule has 0 saturated heterocycles. The van der Waals surface area contributed by atoms with Gasteiger partial charge in [-0.25, -0.2) is 0 Å². The zero-order chi connectivity index (χ0) is 16.0. The number of ether oxygens (including phenoxy) is 1. The SMILES string of the molecule is COc1ccc(O)c(C(=O)NCCC(=O)NC(C)(C)C)c1. The van der Waals surface area contributed by atoms with E-state index in [1.54, 1.807) is 6.07 Å². The topological polar surface area (TPSA) is 87.7 Å². The number of aromatic hydroxyl groups is 1. The van der Waals surface area contributed by atoms with Gasteiger partial charge in [-0.1, -0.05) is 0 Å². The van der Waals surface area contributed by atoms with Gasteiger partial charge in [0.2, 0.25) is 5.91 Å². The van der Waals surface area contributed by atoms with Crippen LogP contribution in [0.4, 0.5) is 0 Å². The first kappa shape index (κ1) is 16.8. The Morgan fingerprint density at radius 3 is 2.52 bits per heavy atom. The van der Waals surface area contributed by atoms with Crippen LogP contribution in [0.25, 0.3) is 0 Å². The first-order valence-electron chi connectivity index (χ1n) is 6.69. The maximum absolute atomic E-state index is 11.9. The predicted molar refractivity (Wildman–Crippen MR) is 79.5 cm³/mol. The molecule has 0 aliphatic heterocycles. The van der Waals surface area contributed by atoms with Gasteiger partial charge in [0.05, 0.1) is 12.7 Å². The average molecular weight is 294 g/mol. The molecule has 116 valence electrons. The van der Waals surface area contributed by atoms with E-state index in [1.165, 1.54) is 19.2 Å². The van der Waals surface area contributed by atoms with Gasteiger partial charge < -0.3 is 20.5 Å². The van der Waals surface area contributed by atoms with Crippen LogP contribution in [0.5, 0.6) is 11.5 Å². The third-order valence-corrected chi connectivity index (χ3v) is 2.60. The predicted octanol–water partition coefficient (Wildman–Crippen LogP) is 1.44. The van der Waals surface area contributed by atoms with Gasteiger partial charge in [0.1, 0.15) is 11.5 Å². The highest BCUT2D eigenvalue weighted by molar-refractivity contribution is 5.97. The summed E-state index contributed by atoms with van der Waals surface area (Å²) in [6.45, 7) is 5.85. The minimum atomic E-state index is -0.449. The van der Waals surface area contributed by atoms with Crippen molar-refractivity contribution in [2.24, 2.45) is 0 Å². The number of phenols is 1. The number of hydrogen-bond donors (Lipinski definition) is 3. The summed E-state index contributed by atoms with van der Waals surface area (Å²) in [5.41, 5.74) is -0.183. The highest BCUT2D eigenvalue weighted by atomic mass is 16.5. The number of rotatable bonds is 5. The van der Waals surface area contributed by atoms with Gasteiger partial charge in [-0.15, -0.1) is 0 Å². The van der Waals surface area contributed by atoms with Gasteiger partial charge >= 0.3 is 0 Å². The number of nitrogens with one attached hydrogen (secondary N) is 2. The molecule has 0 unspecified atom stereocenters. The summed E-state index contributed by atoms with van der Waals surface area (Å²) in [7, 11) is 1.48. The quantitative estimate of drug-likeness (QED) is 0.766. The number of carbonyl (C=O) groups is 2. The van der Waals surface area contributed by atoms with Crippen LogP contribution in [0.3, 0.4) is 0 Å². The summed E-state index contributed by atoms with van der Waals surface area (Å²) in [6.07, 6.45) is 0.174. The molecule has 0 saturated carbocycles. The molecular formula is C15H22N2O4. The van der Waals surface area contributed by atoms with E-state index < -0.39 is 5.91 Å². The summed E-state index contributed by atoms with van der Waals surface area (Å²) in [4.78, 5) is 23.6. The highest BCUT2D eigenvalue weighted by Gasteiger charge is 2.15. The van der Waals surface area contributed by atoms with Gasteiger partial charge in [0.15, 0.2) is 0 Å². The minimum Gasteiger partial charge on any atom is -0.507 e. The van der Waals surface area contributed by atoms with E-state index in [4.69, 9.17) is 4.74 Å². The van der Waals surface area contributed by atoms with E-state index in [2.05, 4.69) is 10.6 Å². The summed E-state index contributed by atoms with van der Waals surface area (Å²) in [5, 5.41) is 15.1. The van der Waals surface area contributed by atoms with Crippen molar-refractivity contribution in [2.75, 3.05) is 13.7 Å². The molecule has 6 heteroatoms. The monoisotopic (exact) mass is 294 g/mol. The van der Waals surface area contributed by atoms with Crippen molar-refractivity contribution in [3.05, 3.63) is 23.8 Å². The first-order chi connectivity index (χ1) is 9.73. The average Bonchev–Trinajstić information content (AvgIpc) is 2.37. The minimum absolute atomic E-state index is 0.116. The molecule has 0 aromatic heterocycles. The fourth-order valence-corrected chi connectivity index (χ4v) is 1.69. The lowest BCUT2D eigenvalue weighted by Gasteiger charge is -2.20. The molecule has 0 spiro atoms. The molecule has 0 bridgehead atoms. The van der Waals surface area contributed by atoms with E-state index in [0.29, 0.717) is 5.75 Å². The Kier molecular flexibility index (Phi) is 5.58. The summed E-state index contributed by atoms with van der Waals surface area (Å²) in [6, 6.07) is 4.39. The third kappa shape index (κ3) is 5.72. The van der Waals surface area contributed by atoms with E-state index >= 15 is 0 Å². The van der Waals surface area contributed by atoms with Crippen molar-refractivity contribution in [3.63, 3.8) is 0 Å². The second kappa shape index (κ2) is 6.97. The molecule has 0 radical (unpaired) electrons. The van der Waals surface area contributed by atoms with E-state index in [9.17, 15) is 14.7 Å². The van der Waals surface area contributed by atoms with Crippen LogP contribution < -0.4 is 15.4 Å². The van der Waals surface area contributed by atoms with Crippen molar-refractivity contribution >= 4 is 11.8 Å². The van der Waals surface area contributed by atoms with Gasteiger partial charge in [-0.2, -0.15) is 0 Å². The van der Waals surface area contributed by atoms with Crippen molar-refractivity contribution in [3.8, 4) is 11.5 Å². The van der Waals surface area contributed by atoms with E-state index in [1.807, 2.05) is 20.8 Å². The summed E-state index contributed by atoms with van der Waals surface area (Å²) < 4.78 is 5.00. The van der Waals surface area contributed by atoms with Gasteiger partial charge in [-0.05, 0) is 39.0 Å². The Balaban J connectivity index is 2.53. The second-order valence-corrected chi connectivity index (χ2v) is 5.69. The Hall–Kier alpha value is -2.24. The lowest BCUT2D eigenvalue weighted by molar-refractivity contribution is -0.122. The summed E-state index contributed by atoms with van der Waals surface area (Å²) >= 11 is 0. The number of benzene rings is 1. The smallest absolute Gasteiger partial charge is 0.255 e. The lowest BCUT2D eigenvalue weighted by Crippen LogP contribution is -2.41.